The molecule has 2 N–H and O–H groups in total. The summed E-state index contributed by atoms with van der Waals surface area (Å²) in [6.45, 7) is 3.65. The van der Waals surface area contributed by atoms with Crippen LogP contribution >= 0.6 is 11.8 Å². The van der Waals surface area contributed by atoms with Crippen molar-refractivity contribution in [3.05, 3.63) is 30.3 Å². The second-order valence-corrected chi connectivity index (χ2v) is 6.14. The van der Waals surface area contributed by atoms with E-state index >= 15 is 0 Å². The SMILES string of the molecule is CC(C)NC(=O)NC(=O)CSc1nnc(-c2ccccc2)n1C. The van der Waals surface area contributed by atoms with Crippen molar-refractivity contribution in [1.29, 1.82) is 0 Å². The second-order valence-electron chi connectivity index (χ2n) is 5.20. The number of carbonyl (C=O) groups is 2. The average molecular weight is 333 g/mol. The molecule has 8 heteroatoms. The number of carbonyl (C=O) groups excluding carboxylic acids is 2. The smallest absolute Gasteiger partial charge is 0.321 e. The van der Waals surface area contributed by atoms with Crippen molar-refractivity contribution >= 4 is 23.7 Å². The number of imide groups is 1. The third-order valence-electron chi connectivity index (χ3n) is 2.87. The number of hydrogen-bond donors (Lipinski definition) is 2. The Labute approximate surface area is 138 Å². The molecule has 0 fully saturated rings. The Balaban J connectivity index is 1.93. The summed E-state index contributed by atoms with van der Waals surface area (Å²) >= 11 is 1.23. The summed E-state index contributed by atoms with van der Waals surface area (Å²) in [4.78, 5) is 23.2. The zero-order chi connectivity index (χ0) is 16.8. The lowest BCUT2D eigenvalue weighted by Gasteiger charge is -2.08. The van der Waals surface area contributed by atoms with Crippen molar-refractivity contribution in [3.8, 4) is 11.4 Å². The highest BCUT2D eigenvalue weighted by Crippen LogP contribution is 2.21. The summed E-state index contributed by atoms with van der Waals surface area (Å²) < 4.78 is 1.82. The fourth-order valence-electron chi connectivity index (χ4n) is 1.87. The van der Waals surface area contributed by atoms with Crippen LogP contribution in [0, 0.1) is 0 Å². The molecule has 0 aliphatic rings. The highest BCUT2D eigenvalue weighted by Gasteiger charge is 2.14. The Hall–Kier alpha value is -2.35. The van der Waals surface area contributed by atoms with E-state index in [1.54, 1.807) is 0 Å². The van der Waals surface area contributed by atoms with Gasteiger partial charge in [-0.05, 0) is 13.8 Å². The van der Waals surface area contributed by atoms with Crippen LogP contribution in [0.5, 0.6) is 0 Å². The van der Waals surface area contributed by atoms with Gasteiger partial charge >= 0.3 is 6.03 Å². The van der Waals surface area contributed by atoms with E-state index in [2.05, 4.69) is 20.8 Å². The Kier molecular flexibility index (Phi) is 5.75. The number of urea groups is 1. The molecule has 3 amide bonds. The highest BCUT2D eigenvalue weighted by molar-refractivity contribution is 7.99. The van der Waals surface area contributed by atoms with E-state index in [0.29, 0.717) is 5.16 Å². The predicted octanol–water partition coefficient (Wildman–Crippen LogP) is 1.81. The molecule has 0 aliphatic heterocycles. The topological polar surface area (TPSA) is 88.9 Å². The van der Waals surface area contributed by atoms with Crippen LogP contribution in [0.25, 0.3) is 11.4 Å². The summed E-state index contributed by atoms with van der Waals surface area (Å²) in [5, 5.41) is 13.7. The van der Waals surface area contributed by atoms with Crippen molar-refractivity contribution in [3.63, 3.8) is 0 Å². The van der Waals surface area contributed by atoms with Gasteiger partial charge in [0.2, 0.25) is 5.91 Å². The lowest BCUT2D eigenvalue weighted by Crippen LogP contribution is -2.43. The molecule has 0 atom stereocenters. The maximum absolute atomic E-state index is 11.7. The molecule has 2 aromatic rings. The van der Waals surface area contributed by atoms with Gasteiger partial charge in [0.15, 0.2) is 11.0 Å². The van der Waals surface area contributed by atoms with E-state index in [1.807, 2.05) is 55.8 Å². The molecular formula is C15H19N5O2S. The first-order valence-corrected chi connectivity index (χ1v) is 8.14. The minimum Gasteiger partial charge on any atom is -0.336 e. The Bertz CT molecular complexity index is 684. The van der Waals surface area contributed by atoms with E-state index in [4.69, 9.17) is 0 Å². The lowest BCUT2D eigenvalue weighted by atomic mass is 10.2. The monoisotopic (exact) mass is 333 g/mol. The summed E-state index contributed by atoms with van der Waals surface area (Å²) in [6.07, 6.45) is 0. The number of rotatable bonds is 5. The molecule has 0 bridgehead atoms. The molecule has 0 radical (unpaired) electrons. The van der Waals surface area contributed by atoms with Crippen molar-refractivity contribution in [2.24, 2.45) is 7.05 Å². The molecule has 7 nitrogen and oxygen atoms in total. The third kappa shape index (κ3) is 4.82. The molecule has 23 heavy (non-hydrogen) atoms. The van der Waals surface area contributed by atoms with Crippen LogP contribution in [0.2, 0.25) is 0 Å². The van der Waals surface area contributed by atoms with Crippen LogP contribution in [0.15, 0.2) is 35.5 Å². The third-order valence-corrected chi connectivity index (χ3v) is 3.89. The molecule has 1 aromatic heterocycles. The molecule has 0 saturated heterocycles. The van der Waals surface area contributed by atoms with Crippen molar-refractivity contribution < 1.29 is 9.59 Å². The summed E-state index contributed by atoms with van der Waals surface area (Å²) in [6, 6.07) is 9.16. The number of thioether (sulfide) groups is 1. The van der Waals surface area contributed by atoms with Gasteiger partial charge in [-0.15, -0.1) is 10.2 Å². The van der Waals surface area contributed by atoms with Gasteiger partial charge in [0.25, 0.3) is 0 Å². The van der Waals surface area contributed by atoms with Gasteiger partial charge < -0.3 is 9.88 Å². The zero-order valence-electron chi connectivity index (χ0n) is 13.2. The van der Waals surface area contributed by atoms with E-state index in [9.17, 15) is 9.59 Å². The van der Waals surface area contributed by atoms with E-state index in [-0.39, 0.29) is 17.7 Å². The van der Waals surface area contributed by atoms with E-state index in [0.717, 1.165) is 11.4 Å². The zero-order valence-corrected chi connectivity index (χ0v) is 14.1. The number of hydrogen-bond acceptors (Lipinski definition) is 5. The van der Waals surface area contributed by atoms with Gasteiger partial charge in [-0.2, -0.15) is 0 Å². The number of nitrogens with one attached hydrogen (secondary N) is 2. The molecule has 0 unspecified atom stereocenters. The Morgan fingerprint density at radius 3 is 2.57 bits per heavy atom. The van der Waals surface area contributed by atoms with Gasteiger partial charge in [-0.1, -0.05) is 42.1 Å². The van der Waals surface area contributed by atoms with E-state index in [1.165, 1.54) is 11.8 Å². The Morgan fingerprint density at radius 2 is 1.91 bits per heavy atom. The van der Waals surface area contributed by atoms with Crippen molar-refractivity contribution in [2.75, 3.05) is 5.75 Å². The summed E-state index contributed by atoms with van der Waals surface area (Å²) in [7, 11) is 1.84. The molecular weight excluding hydrogens is 314 g/mol. The molecule has 2 rings (SSSR count). The quantitative estimate of drug-likeness (QED) is 0.815. The van der Waals surface area contributed by atoms with Crippen LogP contribution in [0.4, 0.5) is 4.79 Å². The standard InChI is InChI=1S/C15H19N5O2S/c1-10(2)16-14(22)17-12(21)9-23-15-19-18-13(20(15)3)11-7-5-4-6-8-11/h4-8,10H,9H2,1-3H3,(H2,16,17,21,22). The Morgan fingerprint density at radius 1 is 1.22 bits per heavy atom. The first-order chi connectivity index (χ1) is 11.0. The van der Waals surface area contributed by atoms with Gasteiger partial charge in [0, 0.05) is 18.7 Å². The van der Waals surface area contributed by atoms with Gasteiger partial charge in [0.05, 0.1) is 5.75 Å². The minimum absolute atomic E-state index is 0.0253. The molecule has 122 valence electrons. The molecule has 0 saturated carbocycles. The molecule has 0 spiro atoms. The van der Waals surface area contributed by atoms with E-state index < -0.39 is 6.03 Å². The largest absolute Gasteiger partial charge is 0.336 e. The number of benzene rings is 1. The maximum Gasteiger partial charge on any atom is 0.321 e. The summed E-state index contributed by atoms with van der Waals surface area (Å²) in [5.74, 6) is 0.440. The van der Waals surface area contributed by atoms with Crippen molar-refractivity contribution in [2.45, 2.75) is 25.0 Å². The van der Waals surface area contributed by atoms with Crippen LogP contribution < -0.4 is 10.6 Å². The second kappa shape index (κ2) is 7.77. The fourth-order valence-corrected chi connectivity index (χ4v) is 2.58. The van der Waals surface area contributed by atoms with Crippen LogP contribution in [0.3, 0.4) is 0 Å². The first kappa shape index (κ1) is 17.0. The van der Waals surface area contributed by atoms with Crippen LogP contribution in [-0.2, 0) is 11.8 Å². The maximum atomic E-state index is 11.7. The molecule has 0 aliphatic carbocycles. The van der Waals surface area contributed by atoms with Gasteiger partial charge in [-0.3, -0.25) is 10.1 Å². The number of nitrogens with zero attached hydrogens (tertiary/aromatic N) is 3. The van der Waals surface area contributed by atoms with Crippen molar-refractivity contribution in [1.82, 2.24) is 25.4 Å². The molecule has 1 aromatic carbocycles. The highest BCUT2D eigenvalue weighted by atomic mass is 32.2. The number of amides is 3. The predicted molar refractivity (Wildman–Crippen MR) is 89.0 cm³/mol. The number of aromatic nitrogens is 3. The molecule has 1 heterocycles. The first-order valence-electron chi connectivity index (χ1n) is 7.15. The summed E-state index contributed by atoms with van der Waals surface area (Å²) in [5.41, 5.74) is 0.954. The average Bonchev–Trinajstić information content (AvgIpc) is 2.86. The van der Waals surface area contributed by atoms with Gasteiger partial charge in [-0.25, -0.2) is 4.79 Å². The fraction of sp³-hybridized carbons (Fsp3) is 0.333. The minimum atomic E-state index is -0.492. The lowest BCUT2D eigenvalue weighted by molar-refractivity contribution is -0.117. The van der Waals surface area contributed by atoms with Crippen LogP contribution in [-0.4, -0.2) is 38.5 Å². The normalized spacial score (nSPS) is 10.6. The van der Waals surface area contributed by atoms with Gasteiger partial charge in [0.1, 0.15) is 0 Å². The van der Waals surface area contributed by atoms with Crippen LogP contribution in [0.1, 0.15) is 13.8 Å².